The number of hydrogen-bond donors (Lipinski definition) is 2. The van der Waals surface area contributed by atoms with Gasteiger partial charge in [0.1, 0.15) is 0 Å². The number of rotatable bonds is 2. The second-order valence-electron chi connectivity index (χ2n) is 5.16. The van der Waals surface area contributed by atoms with Gasteiger partial charge in [-0.3, -0.25) is 4.79 Å². The number of piperidine rings is 1. The van der Waals surface area contributed by atoms with E-state index in [1.54, 1.807) is 0 Å². The van der Waals surface area contributed by atoms with E-state index in [1.165, 1.54) is 5.56 Å². The molecule has 4 heteroatoms. The molecule has 0 bridgehead atoms. The molecule has 18 heavy (non-hydrogen) atoms. The lowest BCUT2D eigenvalue weighted by atomic mass is 9.82. The minimum atomic E-state index is -0.275. The van der Waals surface area contributed by atoms with E-state index in [-0.39, 0.29) is 23.7 Å². The third-order valence-electron chi connectivity index (χ3n) is 3.45. The van der Waals surface area contributed by atoms with Crippen LogP contribution in [0.4, 0.5) is 5.69 Å². The molecule has 2 rings (SSSR count). The molecule has 0 spiro atoms. The van der Waals surface area contributed by atoms with E-state index >= 15 is 0 Å². The maximum Gasteiger partial charge on any atom is 0.231 e. The molecule has 1 aliphatic rings. The molecule has 1 aromatic carbocycles. The summed E-state index contributed by atoms with van der Waals surface area (Å²) in [6, 6.07) is 7.92. The van der Waals surface area contributed by atoms with E-state index in [9.17, 15) is 4.79 Å². The van der Waals surface area contributed by atoms with Crippen LogP contribution in [0.15, 0.2) is 24.3 Å². The zero-order valence-corrected chi connectivity index (χ0v) is 11.8. The summed E-state index contributed by atoms with van der Waals surface area (Å²) >= 11 is 0. The van der Waals surface area contributed by atoms with Gasteiger partial charge in [0.05, 0.1) is 5.41 Å². The fraction of sp³-hybridized carbons (Fsp3) is 0.500. The lowest BCUT2D eigenvalue weighted by molar-refractivity contribution is -0.125. The summed E-state index contributed by atoms with van der Waals surface area (Å²) in [5.41, 5.74) is 1.81. The molecule has 3 nitrogen and oxygen atoms in total. The largest absolute Gasteiger partial charge is 0.326 e. The van der Waals surface area contributed by atoms with Crippen molar-refractivity contribution in [1.29, 1.82) is 0 Å². The monoisotopic (exact) mass is 268 g/mol. The number of anilines is 1. The normalized spacial score (nSPS) is 23.0. The Morgan fingerprint density at radius 1 is 1.33 bits per heavy atom. The highest BCUT2D eigenvalue weighted by Crippen LogP contribution is 2.27. The predicted octanol–water partition coefficient (Wildman–Crippen LogP) is 2.75. The van der Waals surface area contributed by atoms with Crippen LogP contribution in [0.25, 0.3) is 0 Å². The molecule has 1 fully saturated rings. The van der Waals surface area contributed by atoms with Gasteiger partial charge in [0.15, 0.2) is 0 Å². The molecular weight excluding hydrogens is 248 g/mol. The molecule has 1 saturated heterocycles. The molecule has 1 amide bonds. The Morgan fingerprint density at radius 3 is 2.56 bits per heavy atom. The molecule has 100 valence electrons. The van der Waals surface area contributed by atoms with Gasteiger partial charge in [-0.25, -0.2) is 0 Å². The average Bonchev–Trinajstić information content (AvgIpc) is 2.33. The smallest absolute Gasteiger partial charge is 0.231 e. The standard InChI is InChI=1S/C14H20N2O.ClH/c1-11-4-6-12(7-5-11)16-13(17)14(2)8-3-9-15-10-14;/h4-7,15H,3,8-10H2,1-2H3,(H,16,17);1H. The van der Waals surface area contributed by atoms with Crippen LogP contribution in [-0.4, -0.2) is 19.0 Å². The molecule has 0 radical (unpaired) electrons. The van der Waals surface area contributed by atoms with Gasteiger partial charge in [0, 0.05) is 12.2 Å². The molecule has 0 aliphatic carbocycles. The molecule has 2 N–H and O–H groups in total. The van der Waals surface area contributed by atoms with Crippen LogP contribution in [-0.2, 0) is 4.79 Å². The average molecular weight is 269 g/mol. The minimum absolute atomic E-state index is 0. The second kappa shape index (κ2) is 6.21. The number of carbonyl (C=O) groups is 1. The lowest BCUT2D eigenvalue weighted by Gasteiger charge is -2.32. The number of hydrogen-bond acceptors (Lipinski definition) is 2. The van der Waals surface area contributed by atoms with Crippen LogP contribution in [0.2, 0.25) is 0 Å². The topological polar surface area (TPSA) is 41.1 Å². The van der Waals surface area contributed by atoms with E-state index in [0.717, 1.165) is 31.6 Å². The van der Waals surface area contributed by atoms with Crippen molar-refractivity contribution in [1.82, 2.24) is 5.32 Å². The zero-order valence-electron chi connectivity index (χ0n) is 11.0. The fourth-order valence-electron chi connectivity index (χ4n) is 2.17. The van der Waals surface area contributed by atoms with Crippen LogP contribution in [0.3, 0.4) is 0 Å². The van der Waals surface area contributed by atoms with Gasteiger partial charge < -0.3 is 10.6 Å². The summed E-state index contributed by atoms with van der Waals surface area (Å²) in [4.78, 5) is 12.2. The first-order chi connectivity index (χ1) is 8.10. The molecule has 1 atom stereocenters. The Labute approximate surface area is 115 Å². The van der Waals surface area contributed by atoms with Gasteiger partial charge in [-0.15, -0.1) is 12.4 Å². The summed E-state index contributed by atoms with van der Waals surface area (Å²) in [6.45, 7) is 5.86. The van der Waals surface area contributed by atoms with Gasteiger partial charge in [-0.1, -0.05) is 17.7 Å². The molecule has 1 unspecified atom stereocenters. The van der Waals surface area contributed by atoms with Crippen molar-refractivity contribution in [2.45, 2.75) is 26.7 Å². The van der Waals surface area contributed by atoms with Crippen LogP contribution in [0.5, 0.6) is 0 Å². The van der Waals surface area contributed by atoms with Crippen LogP contribution >= 0.6 is 12.4 Å². The molecule has 1 aromatic rings. The van der Waals surface area contributed by atoms with Gasteiger partial charge in [-0.05, 0) is 45.4 Å². The number of aryl methyl sites for hydroxylation is 1. The SMILES string of the molecule is Cc1ccc(NC(=O)C2(C)CCCNC2)cc1.Cl. The fourth-order valence-corrected chi connectivity index (χ4v) is 2.17. The Bertz CT molecular complexity index is 397. The summed E-state index contributed by atoms with van der Waals surface area (Å²) in [7, 11) is 0. The first-order valence-electron chi connectivity index (χ1n) is 6.19. The van der Waals surface area contributed by atoms with Crippen LogP contribution < -0.4 is 10.6 Å². The Balaban J connectivity index is 0.00000162. The first kappa shape index (κ1) is 15.0. The highest BCUT2D eigenvalue weighted by molar-refractivity contribution is 5.95. The maximum atomic E-state index is 12.2. The van der Waals surface area contributed by atoms with E-state index in [1.807, 2.05) is 38.1 Å². The summed E-state index contributed by atoms with van der Waals surface area (Å²) < 4.78 is 0. The molecule has 0 saturated carbocycles. The van der Waals surface area contributed by atoms with Crippen molar-refractivity contribution in [2.24, 2.45) is 5.41 Å². The number of halogens is 1. The van der Waals surface area contributed by atoms with E-state index in [0.29, 0.717) is 0 Å². The van der Waals surface area contributed by atoms with Crippen LogP contribution in [0.1, 0.15) is 25.3 Å². The number of amides is 1. The van der Waals surface area contributed by atoms with Crippen molar-refractivity contribution < 1.29 is 4.79 Å². The van der Waals surface area contributed by atoms with Gasteiger partial charge in [0.25, 0.3) is 0 Å². The van der Waals surface area contributed by atoms with Crippen molar-refractivity contribution >= 4 is 24.0 Å². The van der Waals surface area contributed by atoms with Crippen molar-refractivity contribution in [3.05, 3.63) is 29.8 Å². The molecular formula is C14H21ClN2O. The quantitative estimate of drug-likeness (QED) is 0.866. The van der Waals surface area contributed by atoms with Crippen LogP contribution in [0, 0.1) is 12.3 Å². The molecule has 0 aromatic heterocycles. The third kappa shape index (κ3) is 3.47. The predicted molar refractivity (Wildman–Crippen MR) is 77.3 cm³/mol. The summed E-state index contributed by atoms with van der Waals surface area (Å²) in [5.74, 6) is 0.119. The molecule has 1 aliphatic heterocycles. The Morgan fingerprint density at radius 2 is 2.00 bits per heavy atom. The molecule has 1 heterocycles. The second-order valence-corrected chi connectivity index (χ2v) is 5.16. The zero-order chi connectivity index (χ0) is 12.3. The minimum Gasteiger partial charge on any atom is -0.326 e. The van der Waals surface area contributed by atoms with Gasteiger partial charge in [-0.2, -0.15) is 0 Å². The van der Waals surface area contributed by atoms with Crippen molar-refractivity contribution in [3.8, 4) is 0 Å². The number of nitrogens with one attached hydrogen (secondary N) is 2. The summed E-state index contributed by atoms with van der Waals surface area (Å²) in [5, 5.41) is 6.29. The number of carbonyl (C=O) groups excluding carboxylic acids is 1. The Hall–Kier alpha value is -1.06. The third-order valence-corrected chi connectivity index (χ3v) is 3.45. The highest BCUT2D eigenvalue weighted by atomic mass is 35.5. The highest BCUT2D eigenvalue weighted by Gasteiger charge is 2.34. The number of benzene rings is 1. The maximum absolute atomic E-state index is 12.2. The van der Waals surface area contributed by atoms with Crippen molar-refractivity contribution in [2.75, 3.05) is 18.4 Å². The Kier molecular flexibility index (Phi) is 5.17. The van der Waals surface area contributed by atoms with E-state index < -0.39 is 0 Å². The van der Waals surface area contributed by atoms with Gasteiger partial charge in [0.2, 0.25) is 5.91 Å². The van der Waals surface area contributed by atoms with E-state index in [2.05, 4.69) is 10.6 Å². The van der Waals surface area contributed by atoms with Gasteiger partial charge >= 0.3 is 0 Å². The summed E-state index contributed by atoms with van der Waals surface area (Å²) in [6.07, 6.45) is 2.02. The lowest BCUT2D eigenvalue weighted by Crippen LogP contribution is -2.46. The van der Waals surface area contributed by atoms with E-state index in [4.69, 9.17) is 0 Å². The van der Waals surface area contributed by atoms with Crippen molar-refractivity contribution in [3.63, 3.8) is 0 Å². The first-order valence-corrected chi connectivity index (χ1v) is 6.19.